The van der Waals surface area contributed by atoms with Crippen LogP contribution < -0.4 is 29.9 Å². The Kier molecular flexibility index (Phi) is 16.1. The molecule has 0 bridgehead atoms. The topological polar surface area (TPSA) is 292 Å². The molecule has 3 aromatic heterocycles. The summed E-state index contributed by atoms with van der Waals surface area (Å²) in [6, 6.07) is 12.7. The van der Waals surface area contributed by atoms with Crippen LogP contribution in [0.2, 0.25) is 0 Å². The van der Waals surface area contributed by atoms with Gasteiger partial charge in [-0.05, 0) is 89.1 Å². The normalized spacial score (nSPS) is 12.2. The first-order valence-electron chi connectivity index (χ1n) is 21.5. The first-order chi connectivity index (χ1) is 33.4. The van der Waals surface area contributed by atoms with Gasteiger partial charge in [0.1, 0.15) is 22.9 Å². The van der Waals surface area contributed by atoms with Gasteiger partial charge in [-0.3, -0.25) is 9.11 Å². The minimum atomic E-state index is -4.47. The molecule has 27 heteroatoms. The molecule has 4 aromatic carbocycles. The van der Waals surface area contributed by atoms with Gasteiger partial charge in [-0.1, -0.05) is 34.4 Å². The van der Waals surface area contributed by atoms with Gasteiger partial charge in [0.15, 0.2) is 5.16 Å². The van der Waals surface area contributed by atoms with Gasteiger partial charge < -0.3 is 35.0 Å². The van der Waals surface area contributed by atoms with Crippen molar-refractivity contribution in [3.8, 4) is 11.5 Å². The predicted molar refractivity (Wildman–Crippen MR) is 274 cm³/mol. The van der Waals surface area contributed by atoms with Crippen molar-refractivity contribution < 1.29 is 40.5 Å². The summed E-state index contributed by atoms with van der Waals surface area (Å²) in [4.78, 5) is 27.0. The van der Waals surface area contributed by atoms with Crippen LogP contribution in [-0.4, -0.2) is 109 Å². The molecule has 0 fully saturated rings. The standard InChI is InChI=1S/C43H49N13O9S5/c1-9-55(10-2)31-19-27(29(21-33(31)64-7)51-53-42-46-25-13-15-35(69(58,59)60)23(5)37(25)67-42)44-39-48-40(50-41(49-39)66-18-17-57)45-28-20-32(56(11-3)12-4)34(65-8)22-30(28)52-54-43-47-26-14-16-36(70(61,62)63)24(6)38(26)68-43/h13-16,19-22,57H,9-12,17-18H2,1-8H3,(H,58,59,60)(H,61,62,63)(H2,44,45,48,49,50). The van der Waals surface area contributed by atoms with Gasteiger partial charge in [0, 0.05) is 44.1 Å². The van der Waals surface area contributed by atoms with Crippen LogP contribution in [0.1, 0.15) is 38.8 Å². The summed E-state index contributed by atoms with van der Waals surface area (Å²) in [5.74, 6) is 1.47. The van der Waals surface area contributed by atoms with Crippen LogP contribution in [0.3, 0.4) is 0 Å². The zero-order chi connectivity index (χ0) is 50.5. The summed E-state index contributed by atoms with van der Waals surface area (Å²) in [5, 5.41) is 35.2. The number of nitrogens with one attached hydrogen (secondary N) is 2. The molecular formula is C43H49N13O9S5. The molecule has 0 unspecified atom stereocenters. The molecule has 0 spiro atoms. The van der Waals surface area contributed by atoms with Crippen molar-refractivity contribution in [1.29, 1.82) is 0 Å². The Bertz CT molecular complexity index is 3150. The van der Waals surface area contributed by atoms with E-state index >= 15 is 0 Å². The lowest BCUT2D eigenvalue weighted by atomic mass is 10.2. The highest BCUT2D eigenvalue weighted by Gasteiger charge is 2.22. The molecule has 70 heavy (non-hydrogen) atoms. The summed E-state index contributed by atoms with van der Waals surface area (Å²) >= 11 is 3.41. The molecule has 22 nitrogen and oxygen atoms in total. The molecule has 0 aliphatic carbocycles. The molecule has 3 heterocycles. The SMILES string of the molecule is CCN(CC)c1cc(Nc2nc(Nc3cc(N(CC)CC)c(OC)cc3N=Nc3nc4ccc(S(=O)(=O)O)c(C)c4s3)nc(SCCO)n2)c(N=Nc2nc3ccc(S(=O)(=O)O)c(C)c3s2)cc1OC. The van der Waals surface area contributed by atoms with Crippen LogP contribution in [0, 0.1) is 13.8 Å². The third-order valence-electron chi connectivity index (χ3n) is 10.8. The Morgan fingerprint density at radius 3 is 1.40 bits per heavy atom. The van der Waals surface area contributed by atoms with Crippen molar-refractivity contribution >= 4 is 131 Å². The average molecular weight is 1050 g/mol. The number of rotatable bonds is 21. The first-order valence-corrected chi connectivity index (χ1v) is 27.0. The van der Waals surface area contributed by atoms with Gasteiger partial charge in [-0.25, -0.2) is 9.97 Å². The van der Waals surface area contributed by atoms with Crippen molar-refractivity contribution in [2.24, 2.45) is 20.5 Å². The van der Waals surface area contributed by atoms with Crippen molar-refractivity contribution in [3.63, 3.8) is 0 Å². The molecule has 0 aliphatic rings. The Morgan fingerprint density at radius 2 is 1.04 bits per heavy atom. The number of benzene rings is 4. The van der Waals surface area contributed by atoms with Crippen LogP contribution in [0.15, 0.2) is 83.9 Å². The minimum Gasteiger partial charge on any atom is -0.494 e. The molecule has 0 saturated carbocycles. The number of hydrogen-bond donors (Lipinski definition) is 5. The molecule has 5 N–H and O–H groups in total. The highest BCUT2D eigenvalue weighted by Crippen LogP contribution is 2.44. The maximum Gasteiger partial charge on any atom is 0.294 e. The number of azo groups is 2. The van der Waals surface area contributed by atoms with Crippen LogP contribution in [0.4, 0.5) is 56.3 Å². The number of aryl methyl sites for hydroxylation is 2. The van der Waals surface area contributed by atoms with E-state index in [0.717, 1.165) is 34.0 Å². The molecular weight excluding hydrogens is 1000 g/mol. The van der Waals surface area contributed by atoms with Crippen LogP contribution >= 0.6 is 34.4 Å². The van der Waals surface area contributed by atoms with E-state index < -0.39 is 20.2 Å². The van der Waals surface area contributed by atoms with Crippen molar-refractivity contribution in [2.45, 2.75) is 56.5 Å². The number of fused-ring (bicyclic) bond motifs is 2. The molecule has 0 atom stereocenters. The quantitative estimate of drug-likeness (QED) is 0.0254. The Morgan fingerprint density at radius 1 is 0.629 bits per heavy atom. The fourth-order valence-electron chi connectivity index (χ4n) is 7.37. The van der Waals surface area contributed by atoms with E-state index in [1.807, 2.05) is 39.8 Å². The number of ether oxygens (including phenoxy) is 2. The van der Waals surface area contributed by atoms with E-state index in [4.69, 9.17) is 14.5 Å². The number of aliphatic hydroxyl groups is 1. The van der Waals surface area contributed by atoms with Crippen molar-refractivity contribution in [1.82, 2.24) is 24.9 Å². The van der Waals surface area contributed by atoms with Gasteiger partial charge in [0.2, 0.25) is 22.2 Å². The van der Waals surface area contributed by atoms with Gasteiger partial charge >= 0.3 is 0 Å². The third kappa shape index (κ3) is 11.4. The summed E-state index contributed by atoms with van der Waals surface area (Å²) in [5.41, 5.74) is 4.55. The second-order valence-electron chi connectivity index (χ2n) is 14.9. The molecule has 7 aromatic rings. The fourth-order valence-corrected chi connectivity index (χ4v) is 11.3. The maximum atomic E-state index is 12.0. The largest absolute Gasteiger partial charge is 0.494 e. The second-order valence-corrected chi connectivity index (χ2v) is 20.7. The predicted octanol–water partition coefficient (Wildman–Crippen LogP) is 10.3. The number of hydrogen-bond acceptors (Lipinski definition) is 23. The molecule has 0 amide bonds. The van der Waals surface area contributed by atoms with Crippen molar-refractivity contribution in [3.05, 3.63) is 59.7 Å². The van der Waals surface area contributed by atoms with E-state index in [0.29, 0.717) is 92.0 Å². The number of methoxy groups -OCH3 is 2. The number of nitrogens with zero attached hydrogens (tertiary/aromatic N) is 11. The molecule has 0 saturated heterocycles. The van der Waals surface area contributed by atoms with Crippen LogP contribution in [0.25, 0.3) is 20.4 Å². The Balaban J connectivity index is 1.32. The fraction of sp³-hybridized carbons (Fsp3) is 0.326. The highest BCUT2D eigenvalue weighted by atomic mass is 32.2. The number of aliphatic hydroxyl groups excluding tert-OH is 1. The van der Waals surface area contributed by atoms with E-state index in [-0.39, 0.29) is 49.5 Å². The van der Waals surface area contributed by atoms with E-state index in [9.17, 15) is 31.0 Å². The lowest BCUT2D eigenvalue weighted by Crippen LogP contribution is -2.22. The molecule has 0 radical (unpaired) electrons. The van der Waals surface area contributed by atoms with E-state index in [2.05, 4.69) is 60.8 Å². The van der Waals surface area contributed by atoms with Gasteiger partial charge in [-0.15, -0.1) is 20.5 Å². The minimum absolute atomic E-state index is 0.0909. The summed E-state index contributed by atoms with van der Waals surface area (Å²) in [6.45, 7) is 13.7. The van der Waals surface area contributed by atoms with Gasteiger partial charge in [-0.2, -0.15) is 31.8 Å². The lowest BCUT2D eigenvalue weighted by Gasteiger charge is -2.25. The van der Waals surface area contributed by atoms with E-state index in [1.165, 1.54) is 36.0 Å². The molecule has 0 aliphatic heterocycles. The van der Waals surface area contributed by atoms with Gasteiger partial charge in [0.25, 0.3) is 20.2 Å². The molecule has 7 rings (SSSR count). The molecule has 370 valence electrons. The zero-order valence-corrected chi connectivity index (χ0v) is 43.2. The summed E-state index contributed by atoms with van der Waals surface area (Å²) < 4.78 is 80.3. The highest BCUT2D eigenvalue weighted by molar-refractivity contribution is 7.99. The summed E-state index contributed by atoms with van der Waals surface area (Å²) in [6.07, 6.45) is 0. The lowest BCUT2D eigenvalue weighted by molar-refractivity contribution is 0.322. The first kappa shape index (κ1) is 51.6. The second kappa shape index (κ2) is 21.8. The van der Waals surface area contributed by atoms with Gasteiger partial charge in [0.05, 0.1) is 73.8 Å². The van der Waals surface area contributed by atoms with E-state index in [1.54, 1.807) is 40.2 Å². The monoisotopic (exact) mass is 1050 g/mol. The summed E-state index contributed by atoms with van der Waals surface area (Å²) in [7, 11) is -5.84. The Hall–Kier alpha value is -6.20. The number of aromatic nitrogens is 5. The van der Waals surface area contributed by atoms with Crippen LogP contribution in [0.5, 0.6) is 11.5 Å². The number of thioether (sulfide) groups is 1. The van der Waals surface area contributed by atoms with Crippen molar-refractivity contribution in [2.75, 3.05) is 73.2 Å². The number of anilines is 6. The average Bonchev–Trinajstić information content (AvgIpc) is 3.95. The zero-order valence-electron chi connectivity index (χ0n) is 39.1. The maximum absolute atomic E-state index is 12.0. The third-order valence-corrected chi connectivity index (χ3v) is 15.7. The number of thiazole rings is 2. The van der Waals surface area contributed by atoms with Crippen LogP contribution in [-0.2, 0) is 20.2 Å². The smallest absolute Gasteiger partial charge is 0.294 e. The Labute approximate surface area is 415 Å².